The Hall–Kier alpha value is -2.18. The number of hydrogen-bond donors (Lipinski definition) is 1. The van der Waals surface area contributed by atoms with Gasteiger partial charge in [0, 0.05) is 25.5 Å². The van der Waals surface area contributed by atoms with Gasteiger partial charge in [0.1, 0.15) is 0 Å². The minimum atomic E-state index is 0.230. The molecule has 3 heterocycles. The van der Waals surface area contributed by atoms with E-state index >= 15 is 0 Å². The lowest BCUT2D eigenvalue weighted by Crippen LogP contribution is -2.24. The molecule has 20 heavy (non-hydrogen) atoms. The van der Waals surface area contributed by atoms with Crippen LogP contribution in [0.5, 0.6) is 0 Å². The van der Waals surface area contributed by atoms with E-state index in [1.54, 1.807) is 17.1 Å². The van der Waals surface area contributed by atoms with E-state index < -0.39 is 0 Å². The van der Waals surface area contributed by atoms with Crippen molar-refractivity contribution in [3.63, 3.8) is 0 Å². The van der Waals surface area contributed by atoms with Gasteiger partial charge >= 0.3 is 0 Å². The second-order valence-electron chi connectivity index (χ2n) is 5.48. The van der Waals surface area contributed by atoms with Crippen molar-refractivity contribution in [2.45, 2.75) is 20.3 Å². The summed E-state index contributed by atoms with van der Waals surface area (Å²) in [5, 5.41) is 4.13. The van der Waals surface area contributed by atoms with Gasteiger partial charge in [0.15, 0.2) is 0 Å². The summed E-state index contributed by atoms with van der Waals surface area (Å²) < 4.78 is 1.59. The molecule has 3 rings (SSSR count). The van der Waals surface area contributed by atoms with Gasteiger partial charge < -0.3 is 10.6 Å². The number of anilines is 2. The molecule has 0 spiro atoms. The molecule has 1 aliphatic rings. The van der Waals surface area contributed by atoms with Crippen LogP contribution in [0.3, 0.4) is 0 Å². The number of nitrogens with zero attached hydrogens (tertiary/aromatic N) is 6. The largest absolute Gasteiger partial charge is 0.368 e. The number of nitrogens with two attached hydrogens (primary N) is 1. The van der Waals surface area contributed by atoms with E-state index in [4.69, 9.17) is 5.73 Å². The highest BCUT2D eigenvalue weighted by molar-refractivity contribution is 5.38. The van der Waals surface area contributed by atoms with Crippen molar-refractivity contribution >= 4 is 11.9 Å². The van der Waals surface area contributed by atoms with Gasteiger partial charge in [0.25, 0.3) is 5.95 Å². The van der Waals surface area contributed by atoms with Crippen LogP contribution in [0.15, 0.2) is 18.5 Å². The maximum absolute atomic E-state index is 5.80. The second-order valence-corrected chi connectivity index (χ2v) is 5.48. The Balaban J connectivity index is 1.87. The lowest BCUT2D eigenvalue weighted by molar-refractivity contribution is 0.422. The quantitative estimate of drug-likeness (QED) is 0.902. The van der Waals surface area contributed by atoms with Gasteiger partial charge in [-0.3, -0.25) is 0 Å². The summed E-state index contributed by atoms with van der Waals surface area (Å²) in [6.07, 6.45) is 4.64. The van der Waals surface area contributed by atoms with Crippen LogP contribution < -0.4 is 10.6 Å². The van der Waals surface area contributed by atoms with Gasteiger partial charge in [0.2, 0.25) is 11.9 Å². The van der Waals surface area contributed by atoms with Crippen molar-refractivity contribution in [1.82, 2.24) is 24.7 Å². The molecule has 1 fully saturated rings. The molecule has 7 heteroatoms. The van der Waals surface area contributed by atoms with Crippen LogP contribution in [0.1, 0.15) is 20.3 Å². The SMILES string of the molecule is CC(C)C1CCN(c2nc(N)nc(-n3cccn3)n2)C1. The van der Waals surface area contributed by atoms with Crippen LogP contribution in [-0.2, 0) is 0 Å². The Labute approximate surface area is 117 Å². The molecule has 2 aromatic rings. The summed E-state index contributed by atoms with van der Waals surface area (Å²) in [5.41, 5.74) is 5.80. The average Bonchev–Trinajstić information content (AvgIpc) is 3.10. The normalized spacial score (nSPS) is 18.9. The van der Waals surface area contributed by atoms with Gasteiger partial charge in [-0.1, -0.05) is 13.8 Å². The molecule has 0 radical (unpaired) electrons. The Morgan fingerprint density at radius 1 is 1.25 bits per heavy atom. The molecule has 0 aromatic carbocycles. The Morgan fingerprint density at radius 2 is 2.05 bits per heavy atom. The van der Waals surface area contributed by atoms with Gasteiger partial charge in [-0.15, -0.1) is 0 Å². The maximum atomic E-state index is 5.80. The number of aromatic nitrogens is 5. The van der Waals surface area contributed by atoms with Crippen molar-refractivity contribution < 1.29 is 0 Å². The molecule has 1 atom stereocenters. The molecule has 0 aliphatic carbocycles. The first-order valence-electron chi connectivity index (χ1n) is 6.90. The van der Waals surface area contributed by atoms with Crippen LogP contribution >= 0.6 is 0 Å². The fourth-order valence-corrected chi connectivity index (χ4v) is 2.51. The number of nitrogen functional groups attached to an aromatic ring is 1. The van der Waals surface area contributed by atoms with Crippen molar-refractivity contribution in [3.05, 3.63) is 18.5 Å². The minimum absolute atomic E-state index is 0.230. The third-order valence-corrected chi connectivity index (χ3v) is 3.79. The van der Waals surface area contributed by atoms with Crippen molar-refractivity contribution in [3.8, 4) is 5.95 Å². The van der Waals surface area contributed by atoms with Crippen LogP contribution in [-0.4, -0.2) is 37.8 Å². The van der Waals surface area contributed by atoms with E-state index in [1.807, 2.05) is 6.07 Å². The highest BCUT2D eigenvalue weighted by Crippen LogP contribution is 2.26. The van der Waals surface area contributed by atoms with Gasteiger partial charge in [0.05, 0.1) is 0 Å². The summed E-state index contributed by atoms with van der Waals surface area (Å²) in [7, 11) is 0. The smallest absolute Gasteiger partial charge is 0.257 e. The molecule has 1 unspecified atom stereocenters. The summed E-state index contributed by atoms with van der Waals surface area (Å²) >= 11 is 0. The molecule has 1 aliphatic heterocycles. The van der Waals surface area contributed by atoms with Crippen LogP contribution in [0.25, 0.3) is 5.95 Å². The lowest BCUT2D eigenvalue weighted by Gasteiger charge is -2.18. The zero-order valence-electron chi connectivity index (χ0n) is 11.8. The summed E-state index contributed by atoms with van der Waals surface area (Å²) in [6, 6.07) is 1.82. The Bertz CT molecular complexity index is 578. The predicted octanol–water partition coefficient (Wildman–Crippen LogP) is 1.12. The van der Waals surface area contributed by atoms with E-state index in [0.29, 0.717) is 23.7 Å². The fourth-order valence-electron chi connectivity index (χ4n) is 2.51. The van der Waals surface area contributed by atoms with E-state index in [2.05, 4.69) is 38.8 Å². The maximum Gasteiger partial charge on any atom is 0.257 e. The van der Waals surface area contributed by atoms with Crippen molar-refractivity contribution in [2.24, 2.45) is 11.8 Å². The standard InChI is InChI=1S/C13H19N7/c1-9(2)10-4-7-19(8-10)12-16-11(14)17-13(18-12)20-6-3-5-15-20/h3,5-6,9-10H,4,7-8H2,1-2H3,(H2,14,16,17,18). The number of rotatable bonds is 3. The number of hydrogen-bond acceptors (Lipinski definition) is 6. The molecule has 2 aromatic heterocycles. The fraction of sp³-hybridized carbons (Fsp3) is 0.538. The van der Waals surface area contributed by atoms with E-state index in [0.717, 1.165) is 13.1 Å². The highest BCUT2D eigenvalue weighted by atomic mass is 15.4. The third-order valence-electron chi connectivity index (χ3n) is 3.79. The first kappa shape index (κ1) is 12.8. The summed E-state index contributed by atoms with van der Waals surface area (Å²) in [6.45, 7) is 6.45. The van der Waals surface area contributed by atoms with Gasteiger partial charge in [-0.2, -0.15) is 20.1 Å². The van der Waals surface area contributed by atoms with Crippen molar-refractivity contribution in [2.75, 3.05) is 23.7 Å². The molecule has 0 saturated carbocycles. The van der Waals surface area contributed by atoms with E-state index in [-0.39, 0.29) is 5.95 Å². The minimum Gasteiger partial charge on any atom is -0.368 e. The van der Waals surface area contributed by atoms with E-state index in [1.165, 1.54) is 6.42 Å². The second kappa shape index (κ2) is 5.07. The van der Waals surface area contributed by atoms with Gasteiger partial charge in [-0.25, -0.2) is 4.68 Å². The summed E-state index contributed by atoms with van der Waals surface area (Å²) in [5.74, 6) is 2.69. The average molecular weight is 273 g/mol. The zero-order valence-corrected chi connectivity index (χ0v) is 11.8. The van der Waals surface area contributed by atoms with Crippen molar-refractivity contribution in [1.29, 1.82) is 0 Å². The van der Waals surface area contributed by atoms with Crippen LogP contribution in [0.4, 0.5) is 11.9 Å². The third kappa shape index (κ3) is 2.43. The monoisotopic (exact) mass is 273 g/mol. The molecule has 0 bridgehead atoms. The molecular weight excluding hydrogens is 254 g/mol. The molecule has 2 N–H and O–H groups in total. The summed E-state index contributed by atoms with van der Waals surface area (Å²) in [4.78, 5) is 15.0. The molecule has 1 saturated heterocycles. The first-order valence-corrected chi connectivity index (χ1v) is 6.90. The van der Waals surface area contributed by atoms with E-state index in [9.17, 15) is 0 Å². The molecule has 7 nitrogen and oxygen atoms in total. The first-order chi connectivity index (χ1) is 9.63. The molecular formula is C13H19N7. The Morgan fingerprint density at radius 3 is 2.70 bits per heavy atom. The van der Waals surface area contributed by atoms with Crippen LogP contribution in [0, 0.1) is 11.8 Å². The topological polar surface area (TPSA) is 85.8 Å². The predicted molar refractivity (Wildman–Crippen MR) is 76.5 cm³/mol. The zero-order chi connectivity index (χ0) is 14.1. The van der Waals surface area contributed by atoms with Gasteiger partial charge in [-0.05, 0) is 24.3 Å². The Kier molecular flexibility index (Phi) is 3.25. The lowest BCUT2D eigenvalue weighted by atomic mass is 9.95. The highest BCUT2D eigenvalue weighted by Gasteiger charge is 2.27. The molecule has 0 amide bonds. The van der Waals surface area contributed by atoms with Crippen LogP contribution in [0.2, 0.25) is 0 Å². The molecule has 106 valence electrons.